The molecular formula is C35H44N8O6S. The van der Waals surface area contributed by atoms with Crippen LogP contribution in [-0.2, 0) is 43.2 Å². The number of benzene rings is 2. The van der Waals surface area contributed by atoms with Crippen molar-refractivity contribution < 1.29 is 29.1 Å². The number of fused-ring (bicyclic) bond motifs is 1. The lowest BCUT2D eigenvalue weighted by Gasteiger charge is -2.26. The molecule has 0 fully saturated rings. The lowest BCUT2D eigenvalue weighted by molar-refractivity contribution is -0.142. The Hall–Kier alpha value is -5.15. The van der Waals surface area contributed by atoms with Crippen LogP contribution < -0.4 is 27.0 Å². The molecular weight excluding hydrogens is 661 g/mol. The van der Waals surface area contributed by atoms with Gasteiger partial charge in [0.05, 0.1) is 18.1 Å². The topological polar surface area (TPSA) is 224 Å². The Balaban J connectivity index is 1.46. The lowest BCUT2D eigenvalue weighted by atomic mass is 10.0. The Kier molecular flexibility index (Phi) is 13.6. The van der Waals surface area contributed by atoms with Crippen LogP contribution in [0.4, 0.5) is 0 Å². The molecule has 2 heterocycles. The molecule has 0 spiro atoms. The number of para-hydroxylation sites is 1. The quantitative estimate of drug-likeness (QED) is 0.0684. The fraction of sp³-hybridized carbons (Fsp3) is 0.371. The number of imidazole rings is 1. The third kappa shape index (κ3) is 10.7. The summed E-state index contributed by atoms with van der Waals surface area (Å²) >= 11 is 4.28. The van der Waals surface area contributed by atoms with Crippen molar-refractivity contribution in [1.82, 2.24) is 36.2 Å². The Morgan fingerprint density at radius 1 is 0.780 bits per heavy atom. The first kappa shape index (κ1) is 37.7. The SMILES string of the molecule is CC(C)C[C@H](NC(=O)[C@@H](N)Cc1c[nH]cn1)C(=O)N[C@@H](CS)C(=O)N[C@@H](Cc1ccccc1)C(=O)N[C@@H](Cc1c[nH]c2ccccc12)C(=O)O. The number of rotatable bonds is 18. The van der Waals surface area contributed by atoms with Gasteiger partial charge in [-0.25, -0.2) is 9.78 Å². The molecule has 15 heteroatoms. The maximum absolute atomic E-state index is 13.7. The molecule has 9 N–H and O–H groups in total. The minimum Gasteiger partial charge on any atom is -0.480 e. The van der Waals surface area contributed by atoms with E-state index in [0.29, 0.717) is 16.8 Å². The number of carbonyl (C=O) groups is 5. The van der Waals surface area contributed by atoms with E-state index in [2.05, 4.69) is 48.8 Å². The second-order valence-corrected chi connectivity index (χ2v) is 12.9. The minimum atomic E-state index is -1.29. The van der Waals surface area contributed by atoms with Gasteiger partial charge in [-0.05, 0) is 29.5 Å². The number of aliphatic carboxylic acids is 1. The molecule has 0 bridgehead atoms. The summed E-state index contributed by atoms with van der Waals surface area (Å²) in [7, 11) is 0. The molecule has 0 aliphatic rings. The summed E-state index contributed by atoms with van der Waals surface area (Å²) in [5.74, 6) is -3.97. The third-order valence-electron chi connectivity index (χ3n) is 8.11. The molecule has 2 aromatic heterocycles. The molecule has 0 radical (unpaired) electrons. The van der Waals surface area contributed by atoms with Crippen LogP contribution in [0.2, 0.25) is 0 Å². The monoisotopic (exact) mass is 704 g/mol. The number of hydrogen-bond donors (Lipinski definition) is 9. The van der Waals surface area contributed by atoms with Gasteiger partial charge in [-0.3, -0.25) is 19.2 Å². The largest absolute Gasteiger partial charge is 0.480 e. The Morgan fingerprint density at radius 3 is 2.06 bits per heavy atom. The van der Waals surface area contributed by atoms with E-state index in [9.17, 15) is 29.1 Å². The van der Waals surface area contributed by atoms with Gasteiger partial charge in [0, 0.05) is 48.3 Å². The second-order valence-electron chi connectivity index (χ2n) is 12.5. The maximum Gasteiger partial charge on any atom is 0.326 e. The summed E-state index contributed by atoms with van der Waals surface area (Å²) in [4.78, 5) is 75.9. The molecule has 266 valence electrons. The Bertz CT molecular complexity index is 1750. The first-order valence-corrected chi connectivity index (χ1v) is 17.0. The minimum absolute atomic E-state index is 0.000725. The molecule has 2 aromatic carbocycles. The van der Waals surface area contributed by atoms with Crippen LogP contribution in [0.3, 0.4) is 0 Å². The van der Waals surface area contributed by atoms with Crippen LogP contribution >= 0.6 is 12.6 Å². The van der Waals surface area contributed by atoms with Crippen molar-refractivity contribution in [2.45, 2.75) is 69.7 Å². The van der Waals surface area contributed by atoms with E-state index in [1.165, 1.54) is 6.33 Å². The van der Waals surface area contributed by atoms with Crippen LogP contribution in [0, 0.1) is 5.92 Å². The smallest absolute Gasteiger partial charge is 0.326 e. The zero-order valence-corrected chi connectivity index (χ0v) is 28.8. The fourth-order valence-electron chi connectivity index (χ4n) is 5.49. The lowest BCUT2D eigenvalue weighted by Crippen LogP contribution is -2.59. The highest BCUT2D eigenvalue weighted by Crippen LogP contribution is 2.19. The summed E-state index contributed by atoms with van der Waals surface area (Å²) in [5.41, 5.74) is 8.92. The van der Waals surface area contributed by atoms with Crippen molar-refractivity contribution in [3.63, 3.8) is 0 Å². The van der Waals surface area contributed by atoms with Gasteiger partial charge < -0.3 is 42.1 Å². The average Bonchev–Trinajstić information content (AvgIpc) is 3.76. The number of carboxylic acids is 1. The first-order valence-electron chi connectivity index (χ1n) is 16.3. The van der Waals surface area contributed by atoms with Gasteiger partial charge in [0.25, 0.3) is 0 Å². The highest BCUT2D eigenvalue weighted by Gasteiger charge is 2.32. The number of carbonyl (C=O) groups excluding carboxylic acids is 4. The number of thiol groups is 1. The maximum atomic E-state index is 13.7. The molecule has 0 aliphatic heterocycles. The number of nitrogens with zero attached hydrogens (tertiary/aromatic N) is 1. The zero-order chi connectivity index (χ0) is 36.2. The van der Waals surface area contributed by atoms with Crippen LogP contribution in [-0.4, -0.2) is 85.6 Å². The Morgan fingerprint density at radius 2 is 1.40 bits per heavy atom. The van der Waals surface area contributed by atoms with Gasteiger partial charge in [0.15, 0.2) is 0 Å². The molecule has 0 unspecified atom stereocenters. The van der Waals surface area contributed by atoms with Crippen LogP contribution in [0.15, 0.2) is 73.3 Å². The second kappa shape index (κ2) is 18.0. The van der Waals surface area contributed by atoms with Gasteiger partial charge in [-0.1, -0.05) is 62.4 Å². The standard InChI is InChI=1S/C35H44N8O6S/c1-20(2)12-27(40-31(44)25(36)15-23-17-37-19-39-23)32(45)43-30(18-50)34(47)41-28(13-21-8-4-3-5-9-21)33(46)42-29(35(48)49)14-22-16-38-26-11-7-6-10-24(22)26/h3-11,16-17,19-20,25,27-30,38,50H,12-15,18,36H2,1-2H3,(H,37,39)(H,40,44)(H,41,47)(H,42,46)(H,43,45)(H,48,49)/t25-,27-,28-,29-,30-/m0/s1. The summed E-state index contributed by atoms with van der Waals surface area (Å²) in [5, 5.41) is 21.5. The van der Waals surface area contributed by atoms with Crippen molar-refractivity contribution in [3.8, 4) is 0 Å². The number of amides is 4. The van der Waals surface area contributed by atoms with Crippen molar-refractivity contribution in [3.05, 3.63) is 90.1 Å². The van der Waals surface area contributed by atoms with E-state index < -0.39 is 59.8 Å². The predicted molar refractivity (Wildman–Crippen MR) is 191 cm³/mol. The number of H-pyrrole nitrogens is 2. The highest BCUT2D eigenvalue weighted by atomic mass is 32.1. The number of aromatic amines is 2. The molecule has 14 nitrogen and oxygen atoms in total. The van der Waals surface area contributed by atoms with Gasteiger partial charge in [0.2, 0.25) is 23.6 Å². The molecule has 4 aromatic rings. The van der Waals surface area contributed by atoms with E-state index in [1.54, 1.807) is 36.7 Å². The van der Waals surface area contributed by atoms with Gasteiger partial charge in [-0.15, -0.1) is 0 Å². The van der Waals surface area contributed by atoms with E-state index in [1.807, 2.05) is 44.2 Å². The van der Waals surface area contributed by atoms with Crippen molar-refractivity contribution in [2.24, 2.45) is 11.7 Å². The molecule has 5 atom stereocenters. The summed E-state index contributed by atoms with van der Waals surface area (Å²) in [6, 6.07) is 10.7. The van der Waals surface area contributed by atoms with Crippen LogP contribution in [0.5, 0.6) is 0 Å². The van der Waals surface area contributed by atoms with Crippen molar-refractivity contribution in [2.75, 3.05) is 5.75 Å². The number of hydrogen-bond acceptors (Lipinski definition) is 8. The van der Waals surface area contributed by atoms with Gasteiger partial charge in [0.1, 0.15) is 24.2 Å². The molecule has 4 rings (SSSR count). The van der Waals surface area contributed by atoms with Crippen molar-refractivity contribution in [1.29, 1.82) is 0 Å². The number of nitrogens with two attached hydrogens (primary N) is 1. The molecule has 50 heavy (non-hydrogen) atoms. The van der Waals surface area contributed by atoms with E-state index in [4.69, 9.17) is 5.73 Å². The predicted octanol–water partition coefficient (Wildman–Crippen LogP) is 1.25. The number of carboxylic acid groups (broad SMARTS) is 1. The molecule has 0 saturated heterocycles. The number of nitrogens with one attached hydrogen (secondary N) is 6. The summed E-state index contributed by atoms with van der Waals surface area (Å²) < 4.78 is 0. The first-order chi connectivity index (χ1) is 23.9. The normalized spacial score (nSPS) is 14.3. The Labute approximate surface area is 295 Å². The van der Waals surface area contributed by atoms with Crippen LogP contribution in [0.25, 0.3) is 10.9 Å². The molecule has 0 aliphatic carbocycles. The van der Waals surface area contributed by atoms with Gasteiger partial charge in [-0.2, -0.15) is 12.6 Å². The summed E-state index contributed by atoms with van der Waals surface area (Å²) in [6.07, 6.45) is 5.27. The van der Waals surface area contributed by atoms with E-state index in [-0.39, 0.29) is 37.4 Å². The van der Waals surface area contributed by atoms with E-state index >= 15 is 0 Å². The average molecular weight is 705 g/mol. The van der Waals surface area contributed by atoms with E-state index in [0.717, 1.165) is 10.9 Å². The van der Waals surface area contributed by atoms with Crippen LogP contribution in [0.1, 0.15) is 37.1 Å². The highest BCUT2D eigenvalue weighted by molar-refractivity contribution is 7.80. The molecule has 4 amide bonds. The third-order valence-corrected chi connectivity index (χ3v) is 8.47. The fourth-order valence-corrected chi connectivity index (χ4v) is 5.75. The number of aromatic nitrogens is 3. The van der Waals surface area contributed by atoms with Crippen molar-refractivity contribution >= 4 is 53.1 Å². The zero-order valence-electron chi connectivity index (χ0n) is 27.9. The summed E-state index contributed by atoms with van der Waals surface area (Å²) in [6.45, 7) is 3.77. The van der Waals surface area contributed by atoms with Gasteiger partial charge >= 0.3 is 5.97 Å². The molecule has 0 saturated carbocycles.